The number of methoxy groups -OCH3 is 1. The van der Waals surface area contributed by atoms with E-state index in [4.69, 9.17) is 11.6 Å². The molecule has 1 N–H and O–H groups in total. The molecule has 1 aliphatic carbocycles. The number of hydrogen-bond donors (Lipinski definition) is 1. The molecule has 0 spiro atoms. The number of ether oxygens (including phenoxy) is 1. The van der Waals surface area contributed by atoms with Crippen LogP contribution in [0.3, 0.4) is 0 Å². The molecule has 1 heterocycles. The van der Waals surface area contributed by atoms with Gasteiger partial charge in [-0.2, -0.15) is 0 Å². The van der Waals surface area contributed by atoms with Crippen molar-refractivity contribution in [3.8, 4) is 0 Å². The lowest BCUT2D eigenvalue weighted by molar-refractivity contribution is -0.113. The Bertz CT molecular complexity index is 889. The van der Waals surface area contributed by atoms with Crippen LogP contribution in [-0.4, -0.2) is 34.7 Å². The summed E-state index contributed by atoms with van der Waals surface area (Å²) < 4.78 is 4.68. The fourth-order valence-electron chi connectivity index (χ4n) is 3.00. The summed E-state index contributed by atoms with van der Waals surface area (Å²) in [4.78, 5) is 33.0. The molecule has 2 aromatic rings. The van der Waals surface area contributed by atoms with Crippen molar-refractivity contribution in [3.05, 3.63) is 45.7 Å². The number of aromatic nitrogens is 2. The van der Waals surface area contributed by atoms with Gasteiger partial charge in [0.25, 0.3) is 0 Å². The first-order chi connectivity index (χ1) is 13.0. The van der Waals surface area contributed by atoms with Gasteiger partial charge in [-0.05, 0) is 56.4 Å². The Balaban J connectivity index is 1.65. The van der Waals surface area contributed by atoms with Gasteiger partial charge in [-0.1, -0.05) is 23.4 Å². The van der Waals surface area contributed by atoms with Gasteiger partial charge in [-0.3, -0.25) is 4.79 Å². The first-order valence-corrected chi connectivity index (χ1v) is 10.0. The number of nitrogens with zero attached hydrogens (tertiary/aromatic N) is 2. The Hall–Kier alpha value is -2.12. The van der Waals surface area contributed by atoms with Crippen LogP contribution in [0.15, 0.2) is 23.4 Å². The number of nitrogens with one attached hydrogen (secondary N) is 1. The molecule has 0 bridgehead atoms. The van der Waals surface area contributed by atoms with E-state index < -0.39 is 5.97 Å². The average Bonchev–Trinajstić information content (AvgIpc) is 2.67. The molecular formula is C19H20ClN3O3S. The van der Waals surface area contributed by atoms with Crippen molar-refractivity contribution in [1.29, 1.82) is 0 Å². The Morgan fingerprint density at radius 3 is 2.81 bits per heavy atom. The second-order valence-electron chi connectivity index (χ2n) is 6.25. The molecule has 0 atom stereocenters. The van der Waals surface area contributed by atoms with Crippen molar-refractivity contribution >= 4 is 40.9 Å². The van der Waals surface area contributed by atoms with E-state index in [1.54, 1.807) is 12.1 Å². The van der Waals surface area contributed by atoms with Crippen molar-refractivity contribution < 1.29 is 14.3 Å². The van der Waals surface area contributed by atoms with E-state index in [0.717, 1.165) is 30.7 Å². The molecule has 0 saturated heterocycles. The number of thioether (sulfide) groups is 1. The van der Waals surface area contributed by atoms with Gasteiger partial charge in [0.2, 0.25) is 5.91 Å². The lowest BCUT2D eigenvalue weighted by Gasteiger charge is -2.17. The van der Waals surface area contributed by atoms with Crippen molar-refractivity contribution in [2.45, 2.75) is 37.8 Å². The summed E-state index contributed by atoms with van der Waals surface area (Å²) in [5.41, 5.74) is 4.04. The van der Waals surface area contributed by atoms with Gasteiger partial charge in [-0.25, -0.2) is 14.8 Å². The summed E-state index contributed by atoms with van der Waals surface area (Å²) in [5, 5.41) is 3.68. The monoisotopic (exact) mass is 405 g/mol. The third kappa shape index (κ3) is 4.78. The quantitative estimate of drug-likeness (QED) is 0.462. The standard InChI is InChI=1S/C19H20ClN3O3S/c1-11-13-5-3-4-6-15(13)23-19(21-11)27-10-17(24)22-16-9-12(18(25)26-2)7-8-14(16)20/h7-9H,3-6,10H2,1-2H3,(H,22,24). The number of hydrogen-bond acceptors (Lipinski definition) is 6. The highest BCUT2D eigenvalue weighted by Crippen LogP contribution is 2.26. The smallest absolute Gasteiger partial charge is 0.337 e. The number of fused-ring (bicyclic) bond motifs is 1. The lowest BCUT2D eigenvalue weighted by Crippen LogP contribution is -2.16. The van der Waals surface area contributed by atoms with Crippen LogP contribution in [0, 0.1) is 6.92 Å². The normalized spacial score (nSPS) is 13.0. The summed E-state index contributed by atoms with van der Waals surface area (Å²) in [6, 6.07) is 4.59. The summed E-state index contributed by atoms with van der Waals surface area (Å²) in [6.45, 7) is 1.99. The molecular weight excluding hydrogens is 386 g/mol. The molecule has 8 heteroatoms. The molecule has 1 amide bonds. The molecule has 142 valence electrons. The highest BCUT2D eigenvalue weighted by Gasteiger charge is 2.17. The van der Waals surface area contributed by atoms with Crippen molar-refractivity contribution in [1.82, 2.24) is 9.97 Å². The maximum absolute atomic E-state index is 12.3. The zero-order valence-corrected chi connectivity index (χ0v) is 16.7. The molecule has 0 fully saturated rings. The molecule has 0 unspecified atom stereocenters. The minimum absolute atomic E-state index is 0.150. The van der Waals surface area contributed by atoms with E-state index >= 15 is 0 Å². The predicted molar refractivity (Wildman–Crippen MR) is 106 cm³/mol. The van der Waals surface area contributed by atoms with Gasteiger partial charge in [0.15, 0.2) is 5.16 Å². The molecule has 0 aliphatic heterocycles. The number of carbonyl (C=O) groups excluding carboxylic acids is 2. The topological polar surface area (TPSA) is 81.2 Å². The Kier molecular flexibility index (Phi) is 6.34. The fourth-order valence-corrected chi connectivity index (χ4v) is 3.87. The minimum atomic E-state index is -0.491. The maximum atomic E-state index is 12.3. The zero-order valence-electron chi connectivity index (χ0n) is 15.2. The van der Waals surface area contributed by atoms with Crippen LogP contribution in [0.5, 0.6) is 0 Å². The summed E-state index contributed by atoms with van der Waals surface area (Å²) in [7, 11) is 1.30. The Morgan fingerprint density at radius 2 is 2.04 bits per heavy atom. The molecule has 1 aromatic heterocycles. The zero-order chi connectivity index (χ0) is 19.4. The number of aryl methyl sites for hydroxylation is 2. The number of carbonyl (C=O) groups is 2. The number of benzene rings is 1. The Morgan fingerprint density at radius 1 is 1.26 bits per heavy atom. The van der Waals surface area contributed by atoms with E-state index in [2.05, 4.69) is 20.0 Å². The second-order valence-corrected chi connectivity index (χ2v) is 7.60. The molecule has 1 aromatic carbocycles. The summed E-state index contributed by atoms with van der Waals surface area (Å²) in [6.07, 6.45) is 4.32. The van der Waals surface area contributed by atoms with E-state index in [9.17, 15) is 9.59 Å². The van der Waals surface area contributed by atoms with Crippen LogP contribution < -0.4 is 5.32 Å². The third-order valence-electron chi connectivity index (χ3n) is 4.36. The molecule has 0 radical (unpaired) electrons. The van der Waals surface area contributed by atoms with Gasteiger partial charge in [0.1, 0.15) is 0 Å². The van der Waals surface area contributed by atoms with Crippen LogP contribution in [0.4, 0.5) is 5.69 Å². The Labute approximate surface area is 167 Å². The lowest BCUT2D eigenvalue weighted by atomic mass is 9.95. The highest BCUT2D eigenvalue weighted by molar-refractivity contribution is 7.99. The van der Waals surface area contributed by atoms with Gasteiger partial charge >= 0.3 is 5.97 Å². The molecule has 0 saturated carbocycles. The van der Waals surface area contributed by atoms with Crippen LogP contribution >= 0.6 is 23.4 Å². The molecule has 6 nitrogen and oxygen atoms in total. The number of halogens is 1. The SMILES string of the molecule is COC(=O)c1ccc(Cl)c(NC(=O)CSc2nc(C)c3c(n2)CCCC3)c1. The van der Waals surface area contributed by atoms with E-state index in [1.165, 1.54) is 36.9 Å². The number of rotatable bonds is 5. The largest absolute Gasteiger partial charge is 0.465 e. The molecule has 1 aliphatic rings. The van der Waals surface area contributed by atoms with Crippen molar-refractivity contribution in [2.24, 2.45) is 0 Å². The van der Waals surface area contributed by atoms with Gasteiger partial charge in [0, 0.05) is 11.4 Å². The van der Waals surface area contributed by atoms with Crippen LogP contribution in [0.1, 0.15) is 40.2 Å². The number of esters is 1. The maximum Gasteiger partial charge on any atom is 0.337 e. The van der Waals surface area contributed by atoms with Crippen LogP contribution in [0.25, 0.3) is 0 Å². The van der Waals surface area contributed by atoms with E-state index in [0.29, 0.717) is 21.4 Å². The third-order valence-corrected chi connectivity index (χ3v) is 5.54. The van der Waals surface area contributed by atoms with Crippen molar-refractivity contribution in [3.63, 3.8) is 0 Å². The van der Waals surface area contributed by atoms with Gasteiger partial charge < -0.3 is 10.1 Å². The van der Waals surface area contributed by atoms with E-state index in [1.807, 2.05) is 6.92 Å². The fraction of sp³-hybridized carbons (Fsp3) is 0.368. The highest BCUT2D eigenvalue weighted by atomic mass is 35.5. The number of anilines is 1. The minimum Gasteiger partial charge on any atom is -0.465 e. The second kappa shape index (κ2) is 8.71. The summed E-state index contributed by atoms with van der Waals surface area (Å²) >= 11 is 7.39. The van der Waals surface area contributed by atoms with Gasteiger partial charge in [-0.15, -0.1) is 0 Å². The van der Waals surface area contributed by atoms with Crippen LogP contribution in [-0.2, 0) is 22.4 Å². The first kappa shape index (κ1) is 19.6. The first-order valence-electron chi connectivity index (χ1n) is 8.65. The molecule has 3 rings (SSSR count). The predicted octanol–water partition coefficient (Wildman–Crippen LogP) is 3.83. The van der Waals surface area contributed by atoms with Crippen LogP contribution in [0.2, 0.25) is 5.02 Å². The molecule has 27 heavy (non-hydrogen) atoms. The average molecular weight is 406 g/mol. The van der Waals surface area contributed by atoms with Gasteiger partial charge in [0.05, 0.1) is 29.1 Å². The van der Waals surface area contributed by atoms with E-state index in [-0.39, 0.29) is 11.7 Å². The summed E-state index contributed by atoms with van der Waals surface area (Å²) in [5.74, 6) is -0.589. The van der Waals surface area contributed by atoms with Crippen molar-refractivity contribution in [2.75, 3.05) is 18.2 Å². The number of amides is 1.